The number of para-hydroxylation sites is 2. The molecular formula is C26H22N4O2S. The third-order valence-corrected chi connectivity index (χ3v) is 6.46. The molecule has 1 amide bonds. The number of aromatic nitrogens is 3. The monoisotopic (exact) mass is 454 g/mol. The molecule has 0 saturated heterocycles. The van der Waals surface area contributed by atoms with Crippen molar-refractivity contribution >= 4 is 45.3 Å². The number of amides is 1. The number of carbonyl (C=O) groups excluding carboxylic acids is 1. The molecule has 0 bridgehead atoms. The third-order valence-electron chi connectivity index (χ3n) is 5.52. The fraction of sp³-hybridized carbons (Fsp3) is 0.115. The second-order valence-electron chi connectivity index (χ2n) is 7.92. The minimum atomic E-state index is -0.188. The normalized spacial score (nSPS) is 11.2. The SMILES string of the molecule is Cc1ccc(NC(=O)CSc2nc3c([nH]c4ccccc43)c(=O)n2-c2ccccc2C)cc1. The number of anilines is 1. The van der Waals surface area contributed by atoms with Crippen molar-refractivity contribution in [1.82, 2.24) is 14.5 Å². The summed E-state index contributed by atoms with van der Waals surface area (Å²) in [6.07, 6.45) is 0. The van der Waals surface area contributed by atoms with Crippen molar-refractivity contribution in [3.63, 3.8) is 0 Å². The average molecular weight is 455 g/mol. The molecule has 3 aromatic carbocycles. The van der Waals surface area contributed by atoms with Gasteiger partial charge in [0, 0.05) is 16.6 Å². The summed E-state index contributed by atoms with van der Waals surface area (Å²) in [4.78, 5) is 34.3. The Balaban J connectivity index is 1.57. The Hall–Kier alpha value is -3.84. The van der Waals surface area contributed by atoms with Gasteiger partial charge in [0.15, 0.2) is 5.16 Å². The molecule has 0 radical (unpaired) electrons. The van der Waals surface area contributed by atoms with E-state index in [4.69, 9.17) is 4.98 Å². The van der Waals surface area contributed by atoms with Gasteiger partial charge in [-0.25, -0.2) is 4.98 Å². The van der Waals surface area contributed by atoms with Crippen LogP contribution >= 0.6 is 11.8 Å². The van der Waals surface area contributed by atoms with Crippen LogP contribution < -0.4 is 10.9 Å². The van der Waals surface area contributed by atoms with E-state index in [2.05, 4.69) is 10.3 Å². The van der Waals surface area contributed by atoms with Gasteiger partial charge in [-0.3, -0.25) is 14.2 Å². The minimum Gasteiger partial charge on any atom is -0.349 e. The minimum absolute atomic E-state index is 0.125. The van der Waals surface area contributed by atoms with E-state index in [1.807, 2.05) is 86.6 Å². The highest BCUT2D eigenvalue weighted by Crippen LogP contribution is 2.27. The topological polar surface area (TPSA) is 79.8 Å². The summed E-state index contributed by atoms with van der Waals surface area (Å²) >= 11 is 1.25. The number of nitrogens with one attached hydrogen (secondary N) is 2. The van der Waals surface area contributed by atoms with Crippen LogP contribution in [0.15, 0.2) is 82.7 Å². The summed E-state index contributed by atoms with van der Waals surface area (Å²) in [5.41, 5.74) is 5.29. The lowest BCUT2D eigenvalue weighted by molar-refractivity contribution is -0.113. The fourth-order valence-electron chi connectivity index (χ4n) is 3.83. The Kier molecular flexibility index (Phi) is 5.48. The number of benzene rings is 3. The molecule has 0 unspecified atom stereocenters. The molecule has 2 aromatic heterocycles. The van der Waals surface area contributed by atoms with E-state index >= 15 is 0 Å². The van der Waals surface area contributed by atoms with Gasteiger partial charge in [0.05, 0.1) is 11.4 Å². The van der Waals surface area contributed by atoms with Crippen molar-refractivity contribution in [3.05, 3.63) is 94.3 Å². The van der Waals surface area contributed by atoms with Gasteiger partial charge in [-0.2, -0.15) is 0 Å². The molecule has 0 aliphatic rings. The summed E-state index contributed by atoms with van der Waals surface area (Å²) < 4.78 is 1.59. The fourth-order valence-corrected chi connectivity index (χ4v) is 4.63. The first-order valence-corrected chi connectivity index (χ1v) is 11.6. The number of H-pyrrole nitrogens is 1. The molecule has 0 fully saturated rings. The third kappa shape index (κ3) is 4.03. The van der Waals surface area contributed by atoms with Crippen LogP contribution in [-0.4, -0.2) is 26.2 Å². The van der Waals surface area contributed by atoms with Crippen molar-refractivity contribution in [2.24, 2.45) is 0 Å². The van der Waals surface area contributed by atoms with Gasteiger partial charge in [0.2, 0.25) is 5.91 Å². The molecule has 0 aliphatic heterocycles. The van der Waals surface area contributed by atoms with Crippen molar-refractivity contribution in [3.8, 4) is 5.69 Å². The smallest absolute Gasteiger partial charge is 0.283 e. The number of fused-ring (bicyclic) bond motifs is 3. The second kappa shape index (κ2) is 8.60. The van der Waals surface area contributed by atoms with Gasteiger partial charge >= 0.3 is 0 Å². The first kappa shape index (κ1) is 21.0. The highest BCUT2D eigenvalue weighted by molar-refractivity contribution is 7.99. The quantitative estimate of drug-likeness (QED) is 0.282. The van der Waals surface area contributed by atoms with Crippen LogP contribution in [0.2, 0.25) is 0 Å². The summed E-state index contributed by atoms with van der Waals surface area (Å²) in [6.45, 7) is 3.95. The highest BCUT2D eigenvalue weighted by Gasteiger charge is 2.19. The van der Waals surface area contributed by atoms with Gasteiger partial charge in [0.25, 0.3) is 5.56 Å². The Morgan fingerprint density at radius 2 is 1.73 bits per heavy atom. The molecule has 0 saturated carbocycles. The molecular weight excluding hydrogens is 432 g/mol. The van der Waals surface area contributed by atoms with E-state index < -0.39 is 0 Å². The van der Waals surface area contributed by atoms with Crippen LogP contribution in [-0.2, 0) is 4.79 Å². The maximum Gasteiger partial charge on any atom is 0.283 e. The number of aromatic amines is 1. The maximum absolute atomic E-state index is 13.6. The summed E-state index contributed by atoms with van der Waals surface area (Å²) in [5, 5.41) is 4.26. The number of rotatable bonds is 5. The van der Waals surface area contributed by atoms with Crippen molar-refractivity contribution in [1.29, 1.82) is 0 Å². The predicted molar refractivity (Wildman–Crippen MR) is 134 cm³/mol. The van der Waals surface area contributed by atoms with E-state index in [1.54, 1.807) is 4.57 Å². The second-order valence-corrected chi connectivity index (χ2v) is 8.86. The van der Waals surface area contributed by atoms with Gasteiger partial charge in [-0.15, -0.1) is 0 Å². The number of carbonyl (C=O) groups is 1. The van der Waals surface area contributed by atoms with Crippen molar-refractivity contribution < 1.29 is 4.79 Å². The van der Waals surface area contributed by atoms with E-state index in [1.165, 1.54) is 11.8 Å². The molecule has 7 heteroatoms. The Morgan fingerprint density at radius 1 is 1.00 bits per heavy atom. The van der Waals surface area contributed by atoms with E-state index in [0.717, 1.165) is 33.4 Å². The number of aryl methyl sites for hydroxylation is 2. The lowest BCUT2D eigenvalue weighted by Gasteiger charge is -2.14. The number of thioether (sulfide) groups is 1. The van der Waals surface area contributed by atoms with Gasteiger partial charge in [0.1, 0.15) is 11.0 Å². The molecule has 2 heterocycles. The highest BCUT2D eigenvalue weighted by atomic mass is 32.2. The summed E-state index contributed by atoms with van der Waals surface area (Å²) in [5.74, 6) is -0.0338. The van der Waals surface area contributed by atoms with Crippen molar-refractivity contribution in [2.45, 2.75) is 19.0 Å². The van der Waals surface area contributed by atoms with E-state index in [0.29, 0.717) is 16.2 Å². The zero-order valence-corrected chi connectivity index (χ0v) is 19.1. The van der Waals surface area contributed by atoms with E-state index in [-0.39, 0.29) is 17.2 Å². The Labute approximate surface area is 194 Å². The molecule has 6 nitrogen and oxygen atoms in total. The standard InChI is InChI=1S/C26H22N4O2S/c1-16-11-13-18(14-12-16)27-22(31)15-33-26-29-23-19-8-4-5-9-20(19)28-24(23)25(32)30(26)21-10-6-3-7-17(21)2/h3-14,28H,15H2,1-2H3,(H,27,31). The summed E-state index contributed by atoms with van der Waals surface area (Å²) in [6, 6.07) is 23.0. The van der Waals surface area contributed by atoms with Crippen molar-refractivity contribution in [2.75, 3.05) is 11.1 Å². The van der Waals surface area contributed by atoms with Crippen LogP contribution in [0.5, 0.6) is 0 Å². The molecule has 0 aliphatic carbocycles. The first-order valence-electron chi connectivity index (χ1n) is 10.6. The lowest BCUT2D eigenvalue weighted by Crippen LogP contribution is -2.23. The summed E-state index contributed by atoms with van der Waals surface area (Å²) in [7, 11) is 0. The number of nitrogens with zero attached hydrogens (tertiary/aromatic N) is 2. The molecule has 2 N–H and O–H groups in total. The molecule has 0 atom stereocenters. The maximum atomic E-state index is 13.6. The number of hydrogen-bond donors (Lipinski definition) is 2. The largest absolute Gasteiger partial charge is 0.349 e. The first-order chi connectivity index (χ1) is 16.0. The van der Waals surface area contributed by atoms with Crippen LogP contribution in [0, 0.1) is 13.8 Å². The van der Waals surface area contributed by atoms with Crippen LogP contribution in [0.3, 0.4) is 0 Å². The van der Waals surface area contributed by atoms with Gasteiger partial charge < -0.3 is 10.3 Å². The molecule has 33 heavy (non-hydrogen) atoms. The zero-order valence-electron chi connectivity index (χ0n) is 18.3. The lowest BCUT2D eigenvalue weighted by atomic mass is 10.2. The van der Waals surface area contributed by atoms with E-state index in [9.17, 15) is 9.59 Å². The zero-order chi connectivity index (χ0) is 22.9. The molecule has 5 rings (SSSR count). The van der Waals surface area contributed by atoms with Crippen LogP contribution in [0.1, 0.15) is 11.1 Å². The van der Waals surface area contributed by atoms with Gasteiger partial charge in [-0.1, -0.05) is 65.9 Å². The Bertz CT molecular complexity index is 1550. The van der Waals surface area contributed by atoms with Crippen LogP contribution in [0.25, 0.3) is 27.6 Å². The van der Waals surface area contributed by atoms with Gasteiger partial charge in [-0.05, 0) is 43.7 Å². The molecule has 0 spiro atoms. The molecule has 5 aromatic rings. The predicted octanol–water partition coefficient (Wildman–Crippen LogP) is 5.21. The Morgan fingerprint density at radius 3 is 2.52 bits per heavy atom. The average Bonchev–Trinajstić information content (AvgIpc) is 3.19. The number of hydrogen-bond acceptors (Lipinski definition) is 4. The molecule has 164 valence electrons. The van der Waals surface area contributed by atoms with Crippen LogP contribution in [0.4, 0.5) is 5.69 Å².